The van der Waals surface area contributed by atoms with Gasteiger partial charge in [-0.2, -0.15) is 8.61 Å². The van der Waals surface area contributed by atoms with Crippen molar-refractivity contribution in [2.45, 2.75) is 4.90 Å². The lowest BCUT2D eigenvalue weighted by atomic mass is 10.4. The lowest BCUT2D eigenvalue weighted by molar-refractivity contribution is 0.274. The molecule has 112 valence electrons. The Morgan fingerprint density at radius 2 is 1.55 bits per heavy atom. The second-order valence-corrected chi connectivity index (χ2v) is 8.38. The van der Waals surface area contributed by atoms with Crippen molar-refractivity contribution in [2.75, 3.05) is 32.4 Å². The largest absolute Gasteiger partial charge is 0.328 e. The second kappa shape index (κ2) is 5.28. The predicted octanol–water partition coefficient (Wildman–Crippen LogP) is -1.36. The molecule has 1 aromatic heterocycles. The van der Waals surface area contributed by atoms with Crippen LogP contribution in [0.3, 0.4) is 0 Å². The van der Waals surface area contributed by atoms with Crippen molar-refractivity contribution < 1.29 is 16.8 Å². The molecule has 8 nitrogen and oxygen atoms in total. The first-order valence-electron chi connectivity index (χ1n) is 5.85. The number of aromatic nitrogens is 1. The van der Waals surface area contributed by atoms with Crippen molar-refractivity contribution in [3.63, 3.8) is 0 Å². The maximum atomic E-state index is 12.3. The first-order chi connectivity index (χ1) is 9.21. The van der Waals surface area contributed by atoms with Gasteiger partial charge >= 0.3 is 0 Å². The number of sulfonamides is 2. The molecule has 1 aliphatic heterocycles. The van der Waals surface area contributed by atoms with Crippen molar-refractivity contribution in [1.29, 1.82) is 0 Å². The number of nitrogens with zero attached hydrogens (tertiary/aromatic N) is 2. The van der Waals surface area contributed by atoms with Gasteiger partial charge in [-0.05, 0) is 6.07 Å². The van der Waals surface area contributed by atoms with Crippen LogP contribution in [-0.2, 0) is 20.0 Å². The fourth-order valence-corrected chi connectivity index (χ4v) is 4.16. The van der Waals surface area contributed by atoms with Crippen LogP contribution in [0.5, 0.6) is 0 Å². The van der Waals surface area contributed by atoms with E-state index >= 15 is 0 Å². The topological polar surface area (TPSA) is 108 Å². The number of hydrogen-bond donors (Lipinski definition) is 1. The Balaban J connectivity index is 2.17. The van der Waals surface area contributed by atoms with Crippen LogP contribution >= 0.6 is 0 Å². The number of H-pyrrole nitrogens is 1. The number of nitrogens with one attached hydrogen (secondary N) is 1. The average Bonchev–Trinajstić information content (AvgIpc) is 2.38. The Morgan fingerprint density at radius 3 is 2.00 bits per heavy atom. The van der Waals surface area contributed by atoms with E-state index in [1.807, 2.05) is 0 Å². The summed E-state index contributed by atoms with van der Waals surface area (Å²) in [6.45, 7) is 0.436. The summed E-state index contributed by atoms with van der Waals surface area (Å²) in [5.74, 6) is 0. The fraction of sp³-hybridized carbons (Fsp3) is 0.500. The maximum absolute atomic E-state index is 12.3. The van der Waals surface area contributed by atoms with Crippen LogP contribution in [0.15, 0.2) is 28.0 Å². The Hall–Kier alpha value is -1.23. The number of pyridine rings is 1. The van der Waals surface area contributed by atoms with Crippen LogP contribution in [0.2, 0.25) is 0 Å². The number of piperazine rings is 1. The molecule has 0 bridgehead atoms. The number of rotatable bonds is 3. The normalized spacial score (nSPS) is 19.1. The molecule has 0 aromatic carbocycles. The Kier molecular flexibility index (Phi) is 4.00. The second-order valence-electron chi connectivity index (χ2n) is 4.45. The van der Waals surface area contributed by atoms with E-state index in [9.17, 15) is 21.6 Å². The minimum Gasteiger partial charge on any atom is -0.328 e. The summed E-state index contributed by atoms with van der Waals surface area (Å²) in [7, 11) is -7.01. The molecule has 0 atom stereocenters. The summed E-state index contributed by atoms with van der Waals surface area (Å²) in [6, 6.07) is 2.37. The van der Waals surface area contributed by atoms with E-state index in [2.05, 4.69) is 4.98 Å². The van der Waals surface area contributed by atoms with Gasteiger partial charge < -0.3 is 4.98 Å². The summed E-state index contributed by atoms with van der Waals surface area (Å²) < 4.78 is 49.8. The average molecular weight is 321 g/mol. The molecule has 1 saturated heterocycles. The van der Waals surface area contributed by atoms with Crippen LogP contribution in [-0.4, -0.2) is 62.9 Å². The van der Waals surface area contributed by atoms with Gasteiger partial charge in [0.1, 0.15) is 0 Å². The zero-order valence-corrected chi connectivity index (χ0v) is 12.4. The van der Waals surface area contributed by atoms with Gasteiger partial charge in [-0.15, -0.1) is 0 Å². The number of aromatic amines is 1. The third-order valence-corrected chi connectivity index (χ3v) is 6.26. The highest BCUT2D eigenvalue weighted by Gasteiger charge is 2.31. The SMILES string of the molecule is CS(=O)(=O)N1CCN(S(=O)(=O)c2ccc(=O)[nH]c2)CC1. The van der Waals surface area contributed by atoms with E-state index in [4.69, 9.17) is 0 Å². The van der Waals surface area contributed by atoms with Crippen molar-refractivity contribution in [2.24, 2.45) is 0 Å². The maximum Gasteiger partial charge on any atom is 0.247 e. The quantitative estimate of drug-likeness (QED) is 0.740. The molecule has 1 aromatic rings. The zero-order chi connectivity index (χ0) is 15.0. The summed E-state index contributed by atoms with van der Waals surface area (Å²) >= 11 is 0. The molecule has 0 saturated carbocycles. The van der Waals surface area contributed by atoms with Gasteiger partial charge in [0.05, 0.1) is 11.2 Å². The standard InChI is InChI=1S/C10H15N3O5S2/c1-19(15,16)12-4-6-13(7-5-12)20(17,18)9-2-3-10(14)11-8-9/h2-3,8H,4-7H2,1H3,(H,11,14). The first kappa shape index (κ1) is 15.2. The van der Waals surface area contributed by atoms with Crippen LogP contribution in [0.4, 0.5) is 0 Å². The molecule has 1 N–H and O–H groups in total. The van der Waals surface area contributed by atoms with Gasteiger partial charge in [-0.25, -0.2) is 16.8 Å². The molecule has 1 aliphatic rings. The van der Waals surface area contributed by atoms with Gasteiger partial charge in [0.15, 0.2) is 0 Å². The third-order valence-electron chi connectivity index (χ3n) is 3.06. The summed E-state index contributed by atoms with van der Waals surface area (Å²) in [5.41, 5.74) is -0.383. The van der Waals surface area contributed by atoms with E-state index in [1.165, 1.54) is 14.7 Å². The molecule has 0 aliphatic carbocycles. The van der Waals surface area contributed by atoms with Crippen LogP contribution < -0.4 is 5.56 Å². The van der Waals surface area contributed by atoms with E-state index in [1.54, 1.807) is 0 Å². The molecule has 1 fully saturated rings. The van der Waals surface area contributed by atoms with Crippen molar-refractivity contribution in [1.82, 2.24) is 13.6 Å². The van der Waals surface area contributed by atoms with Crippen LogP contribution in [0.1, 0.15) is 0 Å². The third kappa shape index (κ3) is 3.08. The van der Waals surface area contributed by atoms with E-state index in [-0.39, 0.29) is 36.6 Å². The number of hydrogen-bond acceptors (Lipinski definition) is 5. The molecule has 0 amide bonds. The molecule has 20 heavy (non-hydrogen) atoms. The molecular weight excluding hydrogens is 306 g/mol. The molecule has 0 spiro atoms. The summed E-state index contributed by atoms with van der Waals surface area (Å²) in [6.07, 6.45) is 2.24. The molecule has 2 rings (SSSR count). The summed E-state index contributed by atoms with van der Waals surface area (Å²) in [4.78, 5) is 13.2. The Labute approximate surface area is 117 Å². The molecular formula is C10H15N3O5S2. The van der Waals surface area contributed by atoms with Gasteiger partial charge in [-0.3, -0.25) is 4.79 Å². The van der Waals surface area contributed by atoms with Gasteiger partial charge in [0.25, 0.3) is 0 Å². The Morgan fingerprint density at radius 1 is 1.00 bits per heavy atom. The Bertz CT molecular complexity index is 725. The van der Waals surface area contributed by atoms with Gasteiger partial charge in [-0.1, -0.05) is 0 Å². The highest BCUT2D eigenvalue weighted by Crippen LogP contribution is 2.16. The lowest BCUT2D eigenvalue weighted by Gasteiger charge is -2.32. The first-order valence-corrected chi connectivity index (χ1v) is 9.14. The monoisotopic (exact) mass is 321 g/mol. The van der Waals surface area contributed by atoms with Crippen molar-refractivity contribution in [3.05, 3.63) is 28.7 Å². The minimum atomic E-state index is -3.71. The van der Waals surface area contributed by atoms with E-state index < -0.39 is 20.0 Å². The molecule has 0 radical (unpaired) electrons. The predicted molar refractivity (Wildman–Crippen MR) is 72.2 cm³/mol. The summed E-state index contributed by atoms with van der Waals surface area (Å²) in [5, 5.41) is 0. The zero-order valence-electron chi connectivity index (χ0n) is 10.8. The van der Waals surface area contributed by atoms with Gasteiger partial charge in [0, 0.05) is 38.4 Å². The van der Waals surface area contributed by atoms with E-state index in [0.717, 1.165) is 18.5 Å². The van der Waals surface area contributed by atoms with E-state index in [0.29, 0.717) is 0 Å². The highest BCUT2D eigenvalue weighted by molar-refractivity contribution is 7.89. The van der Waals surface area contributed by atoms with Crippen molar-refractivity contribution >= 4 is 20.0 Å². The van der Waals surface area contributed by atoms with Crippen LogP contribution in [0, 0.1) is 0 Å². The molecule has 10 heteroatoms. The highest BCUT2D eigenvalue weighted by atomic mass is 32.2. The van der Waals surface area contributed by atoms with Crippen molar-refractivity contribution in [3.8, 4) is 0 Å². The van der Waals surface area contributed by atoms with Gasteiger partial charge in [0.2, 0.25) is 25.6 Å². The smallest absolute Gasteiger partial charge is 0.247 e. The molecule has 0 unspecified atom stereocenters. The fourth-order valence-electron chi connectivity index (χ4n) is 1.95. The lowest BCUT2D eigenvalue weighted by Crippen LogP contribution is -2.50. The molecule has 2 heterocycles. The van der Waals surface area contributed by atoms with Crippen LogP contribution in [0.25, 0.3) is 0 Å². The minimum absolute atomic E-state index is 0.00935.